The van der Waals surface area contributed by atoms with Crippen molar-refractivity contribution in [3.63, 3.8) is 0 Å². The van der Waals surface area contributed by atoms with Crippen LogP contribution in [0.2, 0.25) is 0 Å². The highest BCUT2D eigenvalue weighted by atomic mass is 16.4. The van der Waals surface area contributed by atoms with Crippen LogP contribution >= 0.6 is 0 Å². The molecule has 0 saturated heterocycles. The molecule has 0 aliphatic heterocycles. The second-order valence-electron chi connectivity index (χ2n) is 5.05. The van der Waals surface area contributed by atoms with E-state index in [-0.39, 0.29) is 0 Å². The zero-order chi connectivity index (χ0) is 14.8. The molecule has 2 N–H and O–H groups in total. The van der Waals surface area contributed by atoms with Crippen molar-refractivity contribution in [3.8, 4) is 0 Å². The third kappa shape index (κ3) is 6.02. The van der Waals surface area contributed by atoms with E-state index in [2.05, 4.69) is 6.92 Å². The largest absolute Gasteiger partial charge is 0.481 e. The maximum atomic E-state index is 11.2. The third-order valence-electron chi connectivity index (χ3n) is 3.38. The normalized spacial score (nSPS) is 14.3. The fraction of sp³-hybridized carbons (Fsp3) is 0.471. The van der Waals surface area contributed by atoms with E-state index < -0.39 is 18.0 Å². The van der Waals surface area contributed by atoms with Crippen LogP contribution in [0.5, 0.6) is 0 Å². The molecule has 1 aromatic carbocycles. The van der Waals surface area contributed by atoms with Crippen molar-refractivity contribution < 1.29 is 15.0 Å². The number of hydrogen-bond donors (Lipinski definition) is 2. The Kier molecular flexibility index (Phi) is 7.66. The molecule has 0 aromatic heterocycles. The highest BCUT2D eigenvalue weighted by Gasteiger charge is 2.23. The first-order valence-electron chi connectivity index (χ1n) is 7.29. The Balaban J connectivity index is 2.53. The van der Waals surface area contributed by atoms with Gasteiger partial charge in [0.15, 0.2) is 0 Å². The lowest BCUT2D eigenvalue weighted by atomic mass is 9.94. The monoisotopic (exact) mass is 276 g/mol. The molecule has 0 radical (unpaired) electrons. The third-order valence-corrected chi connectivity index (χ3v) is 3.38. The van der Waals surface area contributed by atoms with Gasteiger partial charge in [-0.2, -0.15) is 0 Å². The standard InChI is InChI=1S/C17H24O3/c1-2-3-4-8-11-15(17(19)20)16(18)13-12-14-9-6-5-7-10-14/h5-7,9-10,12-13,15-16,18H,2-4,8,11H2,1H3,(H,19,20)/b13-12+/t15-,16-/m0/s1. The van der Waals surface area contributed by atoms with Gasteiger partial charge in [-0.15, -0.1) is 0 Å². The van der Waals surface area contributed by atoms with Crippen LogP contribution in [0.15, 0.2) is 36.4 Å². The molecule has 20 heavy (non-hydrogen) atoms. The average molecular weight is 276 g/mol. The van der Waals surface area contributed by atoms with Gasteiger partial charge in [0, 0.05) is 0 Å². The first-order valence-corrected chi connectivity index (χ1v) is 7.29. The lowest BCUT2D eigenvalue weighted by Crippen LogP contribution is -2.26. The molecular formula is C17H24O3. The summed E-state index contributed by atoms with van der Waals surface area (Å²) in [5.74, 6) is -1.64. The van der Waals surface area contributed by atoms with Crippen LogP contribution in [-0.2, 0) is 4.79 Å². The number of hydrogen-bond acceptors (Lipinski definition) is 2. The molecule has 1 rings (SSSR count). The maximum absolute atomic E-state index is 11.2. The Bertz CT molecular complexity index is 412. The summed E-state index contributed by atoms with van der Waals surface area (Å²) in [4.78, 5) is 11.2. The topological polar surface area (TPSA) is 57.5 Å². The molecule has 0 saturated carbocycles. The summed E-state index contributed by atoms with van der Waals surface area (Å²) in [5, 5.41) is 19.2. The lowest BCUT2D eigenvalue weighted by molar-refractivity contribution is -0.144. The van der Waals surface area contributed by atoms with Gasteiger partial charge in [-0.3, -0.25) is 4.79 Å². The number of carbonyl (C=O) groups is 1. The summed E-state index contributed by atoms with van der Waals surface area (Å²) in [6, 6.07) is 9.57. The zero-order valence-electron chi connectivity index (χ0n) is 12.0. The first kappa shape index (κ1) is 16.4. The zero-order valence-corrected chi connectivity index (χ0v) is 12.0. The molecule has 2 atom stereocenters. The summed E-state index contributed by atoms with van der Waals surface area (Å²) in [6.07, 6.45) is 7.04. The van der Waals surface area contributed by atoms with Crippen LogP contribution in [-0.4, -0.2) is 22.3 Å². The number of rotatable bonds is 9. The smallest absolute Gasteiger partial charge is 0.309 e. The molecule has 3 heteroatoms. The Morgan fingerprint density at radius 1 is 1.20 bits per heavy atom. The number of carboxylic acid groups (broad SMARTS) is 1. The summed E-state index contributed by atoms with van der Waals surface area (Å²) in [5.41, 5.74) is 0.960. The number of aliphatic hydroxyl groups is 1. The van der Waals surface area contributed by atoms with Crippen molar-refractivity contribution in [2.24, 2.45) is 5.92 Å². The van der Waals surface area contributed by atoms with Gasteiger partial charge in [-0.25, -0.2) is 0 Å². The highest BCUT2D eigenvalue weighted by molar-refractivity contribution is 5.71. The van der Waals surface area contributed by atoms with Crippen LogP contribution in [0.25, 0.3) is 6.08 Å². The van der Waals surface area contributed by atoms with Crippen LogP contribution in [0.1, 0.15) is 44.6 Å². The molecule has 3 nitrogen and oxygen atoms in total. The molecule has 0 unspecified atom stereocenters. The van der Waals surface area contributed by atoms with Crippen molar-refractivity contribution in [2.45, 2.75) is 45.1 Å². The van der Waals surface area contributed by atoms with Crippen molar-refractivity contribution in [1.82, 2.24) is 0 Å². The van der Waals surface area contributed by atoms with Gasteiger partial charge in [0.25, 0.3) is 0 Å². The van der Waals surface area contributed by atoms with Gasteiger partial charge in [0.1, 0.15) is 0 Å². The van der Waals surface area contributed by atoms with Crippen molar-refractivity contribution in [3.05, 3.63) is 42.0 Å². The van der Waals surface area contributed by atoms with Gasteiger partial charge in [-0.05, 0) is 12.0 Å². The molecule has 1 aromatic rings. The van der Waals surface area contributed by atoms with Gasteiger partial charge in [0.05, 0.1) is 12.0 Å². The molecule has 110 valence electrons. The number of aliphatic carboxylic acids is 1. The van der Waals surface area contributed by atoms with E-state index in [0.717, 1.165) is 31.2 Å². The quantitative estimate of drug-likeness (QED) is 0.676. The van der Waals surface area contributed by atoms with E-state index in [1.54, 1.807) is 12.2 Å². The summed E-state index contributed by atoms with van der Waals surface area (Å²) >= 11 is 0. The molecule has 0 heterocycles. The summed E-state index contributed by atoms with van der Waals surface area (Å²) in [6.45, 7) is 2.12. The molecule has 0 aliphatic rings. The Morgan fingerprint density at radius 2 is 1.90 bits per heavy atom. The molecular weight excluding hydrogens is 252 g/mol. The SMILES string of the molecule is CCCCCC[C@H](C(=O)O)[C@@H](O)/C=C/c1ccccc1. The fourth-order valence-electron chi connectivity index (χ4n) is 2.14. The minimum absolute atomic E-state index is 0.523. The Morgan fingerprint density at radius 3 is 2.50 bits per heavy atom. The highest BCUT2D eigenvalue weighted by Crippen LogP contribution is 2.17. The predicted molar refractivity (Wildman–Crippen MR) is 81.4 cm³/mol. The number of aliphatic hydroxyl groups excluding tert-OH is 1. The van der Waals surface area contributed by atoms with Crippen LogP contribution < -0.4 is 0 Å². The van der Waals surface area contributed by atoms with Crippen LogP contribution in [0.3, 0.4) is 0 Å². The van der Waals surface area contributed by atoms with Crippen molar-refractivity contribution in [1.29, 1.82) is 0 Å². The van der Waals surface area contributed by atoms with Gasteiger partial charge < -0.3 is 10.2 Å². The molecule has 0 aliphatic carbocycles. The van der Waals surface area contributed by atoms with E-state index in [4.69, 9.17) is 0 Å². The average Bonchev–Trinajstić information content (AvgIpc) is 2.45. The van der Waals surface area contributed by atoms with Crippen LogP contribution in [0, 0.1) is 5.92 Å². The minimum Gasteiger partial charge on any atom is -0.481 e. The minimum atomic E-state index is -0.936. The molecule has 0 bridgehead atoms. The van der Waals surface area contributed by atoms with Gasteiger partial charge in [-0.1, -0.05) is 75.1 Å². The number of benzene rings is 1. The molecule has 0 spiro atoms. The number of carboxylic acids is 1. The van der Waals surface area contributed by atoms with Crippen molar-refractivity contribution in [2.75, 3.05) is 0 Å². The van der Waals surface area contributed by atoms with Crippen molar-refractivity contribution >= 4 is 12.0 Å². The number of unbranched alkanes of at least 4 members (excludes halogenated alkanes) is 3. The van der Waals surface area contributed by atoms with E-state index in [1.165, 1.54) is 0 Å². The van der Waals surface area contributed by atoms with Crippen LogP contribution in [0.4, 0.5) is 0 Å². The second kappa shape index (κ2) is 9.32. The van der Waals surface area contributed by atoms with E-state index in [0.29, 0.717) is 6.42 Å². The van der Waals surface area contributed by atoms with Gasteiger partial charge >= 0.3 is 5.97 Å². The Labute approximate surface area is 121 Å². The summed E-state index contributed by atoms with van der Waals surface area (Å²) < 4.78 is 0. The molecule has 0 amide bonds. The van der Waals surface area contributed by atoms with E-state index in [1.807, 2.05) is 30.3 Å². The van der Waals surface area contributed by atoms with E-state index in [9.17, 15) is 15.0 Å². The molecule has 0 fully saturated rings. The summed E-state index contributed by atoms with van der Waals surface area (Å²) in [7, 11) is 0. The second-order valence-corrected chi connectivity index (χ2v) is 5.05. The van der Waals surface area contributed by atoms with E-state index >= 15 is 0 Å². The van der Waals surface area contributed by atoms with Gasteiger partial charge in [0.2, 0.25) is 0 Å². The Hall–Kier alpha value is -1.61. The first-order chi connectivity index (χ1) is 9.65. The fourth-order valence-corrected chi connectivity index (χ4v) is 2.14. The maximum Gasteiger partial charge on any atom is 0.309 e. The predicted octanol–water partition coefficient (Wildman–Crippen LogP) is 3.73. The lowest BCUT2D eigenvalue weighted by Gasteiger charge is -2.16.